The van der Waals surface area contributed by atoms with Gasteiger partial charge in [0.25, 0.3) is 5.91 Å². The molecule has 1 aromatic rings. The topological polar surface area (TPSA) is 88.8 Å². The lowest BCUT2D eigenvalue weighted by molar-refractivity contribution is -0.112. The number of nitrogens with one attached hydrogen (secondary N) is 1. The largest absolute Gasteiger partial charge is 0.495 e. The molecule has 0 bridgehead atoms. The fraction of sp³-hybridized carbons (Fsp3) is 0.412. The summed E-state index contributed by atoms with van der Waals surface area (Å²) in [6, 6.07) is 6.81. The second-order valence-electron chi connectivity index (χ2n) is 5.55. The predicted molar refractivity (Wildman–Crippen MR) is 95.4 cm³/mol. The molecule has 1 fully saturated rings. The Morgan fingerprint density at radius 1 is 1.44 bits per heavy atom. The summed E-state index contributed by atoms with van der Waals surface area (Å²) in [4.78, 5) is 16.5. The number of carbonyl (C=O) groups excluding carboxylic acids is 1. The minimum Gasteiger partial charge on any atom is -0.495 e. The van der Waals surface area contributed by atoms with E-state index in [4.69, 9.17) is 21.4 Å². The number of piperazine rings is 1. The van der Waals surface area contributed by atoms with Crippen molar-refractivity contribution in [1.82, 2.24) is 9.80 Å². The summed E-state index contributed by atoms with van der Waals surface area (Å²) < 4.78 is 5.19. The maximum atomic E-state index is 12.4. The zero-order chi connectivity index (χ0) is 18.2. The van der Waals surface area contributed by atoms with E-state index in [1.165, 1.54) is 7.11 Å². The molecule has 0 saturated carbocycles. The Morgan fingerprint density at radius 3 is 2.76 bits per heavy atom. The van der Waals surface area contributed by atoms with Crippen LogP contribution in [0.15, 0.2) is 30.0 Å². The van der Waals surface area contributed by atoms with Crippen LogP contribution in [0, 0.1) is 11.3 Å². The fourth-order valence-electron chi connectivity index (χ4n) is 2.55. The van der Waals surface area contributed by atoms with Gasteiger partial charge in [0, 0.05) is 43.9 Å². The number of rotatable bonds is 6. The van der Waals surface area contributed by atoms with Crippen LogP contribution in [-0.2, 0) is 4.79 Å². The lowest BCUT2D eigenvalue weighted by Crippen LogP contribution is -2.45. The standard InChI is InChI=1S/C17H21ClN4O3/c1-25-16-3-2-14(18)10-15(16)20-17(24)13(11-19)12-22-6-4-21(5-7-22)8-9-23/h2-3,10,12,23H,4-9H2,1H3,(H,20,24)/b13-12-. The van der Waals surface area contributed by atoms with Crippen molar-refractivity contribution in [3.8, 4) is 11.8 Å². The van der Waals surface area contributed by atoms with Crippen LogP contribution in [0.2, 0.25) is 5.02 Å². The molecule has 1 aromatic carbocycles. The molecule has 25 heavy (non-hydrogen) atoms. The van der Waals surface area contributed by atoms with Crippen LogP contribution in [0.3, 0.4) is 0 Å². The number of β-amino-alcohol motifs (C(OH)–C–C–N with tert-alkyl or cyclic N) is 1. The number of aliphatic hydroxyl groups excluding tert-OH is 1. The number of hydrogen-bond acceptors (Lipinski definition) is 6. The van der Waals surface area contributed by atoms with E-state index in [1.54, 1.807) is 24.4 Å². The Balaban J connectivity index is 2.04. The minimum absolute atomic E-state index is 0.0117. The fourth-order valence-corrected chi connectivity index (χ4v) is 2.72. The highest BCUT2D eigenvalue weighted by atomic mass is 35.5. The van der Waals surface area contributed by atoms with Crippen LogP contribution >= 0.6 is 11.6 Å². The lowest BCUT2D eigenvalue weighted by Gasteiger charge is -2.33. The Labute approximate surface area is 152 Å². The molecule has 0 unspecified atom stereocenters. The smallest absolute Gasteiger partial charge is 0.267 e. The highest BCUT2D eigenvalue weighted by molar-refractivity contribution is 6.31. The lowest BCUT2D eigenvalue weighted by atomic mass is 10.2. The third kappa shape index (κ3) is 5.36. The van der Waals surface area contributed by atoms with Crippen molar-refractivity contribution < 1.29 is 14.6 Å². The molecule has 1 saturated heterocycles. The number of anilines is 1. The Kier molecular flexibility index (Phi) is 7.07. The third-order valence-electron chi connectivity index (χ3n) is 3.91. The first-order valence-corrected chi connectivity index (χ1v) is 8.29. The van der Waals surface area contributed by atoms with E-state index in [-0.39, 0.29) is 12.2 Å². The normalized spacial score (nSPS) is 15.6. The van der Waals surface area contributed by atoms with Crippen LogP contribution < -0.4 is 10.1 Å². The van der Waals surface area contributed by atoms with Gasteiger partial charge in [0.05, 0.1) is 19.4 Å². The first-order valence-electron chi connectivity index (χ1n) is 7.91. The van der Waals surface area contributed by atoms with Crippen molar-refractivity contribution in [2.75, 3.05) is 51.8 Å². The van der Waals surface area contributed by atoms with E-state index in [2.05, 4.69) is 10.2 Å². The average molecular weight is 365 g/mol. The zero-order valence-electron chi connectivity index (χ0n) is 14.0. The molecule has 2 N–H and O–H groups in total. The van der Waals surface area contributed by atoms with Gasteiger partial charge in [-0.25, -0.2) is 0 Å². The van der Waals surface area contributed by atoms with Crippen LogP contribution in [-0.4, -0.2) is 67.3 Å². The average Bonchev–Trinajstić information content (AvgIpc) is 2.61. The van der Waals surface area contributed by atoms with Gasteiger partial charge in [-0.2, -0.15) is 5.26 Å². The maximum Gasteiger partial charge on any atom is 0.267 e. The predicted octanol–water partition coefficient (Wildman–Crippen LogP) is 1.30. The summed E-state index contributed by atoms with van der Waals surface area (Å²) in [6.07, 6.45) is 1.57. The van der Waals surface area contributed by atoms with Crippen molar-refractivity contribution in [2.24, 2.45) is 0 Å². The van der Waals surface area contributed by atoms with Gasteiger partial charge >= 0.3 is 0 Å². The highest BCUT2D eigenvalue weighted by Gasteiger charge is 2.18. The number of nitrogens with zero attached hydrogens (tertiary/aromatic N) is 3. The molecule has 1 heterocycles. The first kappa shape index (κ1) is 19.1. The number of halogens is 1. The summed E-state index contributed by atoms with van der Waals surface area (Å²) in [5, 5.41) is 21.4. The van der Waals surface area contributed by atoms with Crippen molar-refractivity contribution in [3.05, 3.63) is 35.0 Å². The molecular formula is C17H21ClN4O3. The summed E-state index contributed by atoms with van der Waals surface area (Å²) in [5.41, 5.74) is 0.423. The molecule has 1 amide bonds. The summed E-state index contributed by atoms with van der Waals surface area (Å²) in [7, 11) is 1.49. The number of amides is 1. The van der Waals surface area contributed by atoms with Crippen LogP contribution in [0.4, 0.5) is 5.69 Å². The monoisotopic (exact) mass is 364 g/mol. The van der Waals surface area contributed by atoms with E-state index in [9.17, 15) is 10.1 Å². The molecule has 0 aromatic heterocycles. The van der Waals surface area contributed by atoms with Crippen molar-refractivity contribution in [1.29, 1.82) is 5.26 Å². The number of carbonyl (C=O) groups is 1. The highest BCUT2D eigenvalue weighted by Crippen LogP contribution is 2.28. The van der Waals surface area contributed by atoms with Crippen LogP contribution in [0.5, 0.6) is 5.75 Å². The van der Waals surface area contributed by atoms with E-state index in [0.29, 0.717) is 36.1 Å². The van der Waals surface area contributed by atoms with Gasteiger partial charge in [-0.1, -0.05) is 11.6 Å². The van der Waals surface area contributed by atoms with Gasteiger partial charge in [-0.05, 0) is 18.2 Å². The number of methoxy groups -OCH3 is 1. The van der Waals surface area contributed by atoms with Gasteiger partial charge < -0.3 is 20.1 Å². The van der Waals surface area contributed by atoms with Gasteiger partial charge in [-0.3, -0.25) is 9.69 Å². The molecule has 2 rings (SSSR count). The minimum atomic E-state index is -0.513. The second kappa shape index (κ2) is 9.28. The van der Waals surface area contributed by atoms with Crippen LogP contribution in [0.25, 0.3) is 0 Å². The molecular weight excluding hydrogens is 344 g/mol. The summed E-state index contributed by atoms with van der Waals surface area (Å²) >= 11 is 5.95. The molecule has 7 nitrogen and oxygen atoms in total. The molecule has 0 aliphatic carbocycles. The van der Waals surface area contributed by atoms with E-state index in [1.807, 2.05) is 11.0 Å². The van der Waals surface area contributed by atoms with Crippen molar-refractivity contribution in [3.63, 3.8) is 0 Å². The number of aliphatic hydroxyl groups is 1. The molecule has 0 spiro atoms. The number of hydrogen-bond donors (Lipinski definition) is 2. The molecule has 0 atom stereocenters. The van der Waals surface area contributed by atoms with E-state index in [0.717, 1.165) is 13.1 Å². The van der Waals surface area contributed by atoms with Crippen molar-refractivity contribution >= 4 is 23.2 Å². The molecule has 134 valence electrons. The van der Waals surface area contributed by atoms with Crippen LogP contribution in [0.1, 0.15) is 0 Å². The van der Waals surface area contributed by atoms with E-state index >= 15 is 0 Å². The Hall–Kier alpha value is -2.27. The molecule has 0 radical (unpaired) electrons. The second-order valence-corrected chi connectivity index (χ2v) is 5.99. The Bertz CT molecular complexity index is 679. The van der Waals surface area contributed by atoms with Crippen molar-refractivity contribution in [2.45, 2.75) is 0 Å². The zero-order valence-corrected chi connectivity index (χ0v) is 14.8. The summed E-state index contributed by atoms with van der Waals surface area (Å²) in [6.45, 7) is 3.71. The van der Waals surface area contributed by atoms with Gasteiger partial charge in [0.1, 0.15) is 17.4 Å². The Morgan fingerprint density at radius 2 is 2.16 bits per heavy atom. The third-order valence-corrected chi connectivity index (χ3v) is 4.14. The number of ether oxygens (including phenoxy) is 1. The van der Waals surface area contributed by atoms with Gasteiger partial charge in [-0.15, -0.1) is 0 Å². The van der Waals surface area contributed by atoms with E-state index < -0.39 is 5.91 Å². The SMILES string of the molecule is COc1ccc(Cl)cc1NC(=O)/C(C#N)=C\N1CCN(CCO)CC1. The first-order chi connectivity index (χ1) is 12.1. The molecule has 1 aliphatic rings. The number of benzene rings is 1. The quantitative estimate of drug-likeness (QED) is 0.584. The summed E-state index contributed by atoms with van der Waals surface area (Å²) in [5.74, 6) is -0.0477. The maximum absolute atomic E-state index is 12.4. The van der Waals surface area contributed by atoms with Gasteiger partial charge in [0.15, 0.2) is 0 Å². The number of nitriles is 1. The van der Waals surface area contributed by atoms with Gasteiger partial charge in [0.2, 0.25) is 0 Å². The molecule has 8 heteroatoms. The molecule has 1 aliphatic heterocycles.